The van der Waals surface area contributed by atoms with E-state index in [-0.39, 0.29) is 12.5 Å². The molecule has 15 heavy (non-hydrogen) atoms. The molecule has 3 heteroatoms. The molecule has 2 unspecified atom stereocenters. The van der Waals surface area contributed by atoms with E-state index in [1.54, 1.807) is 0 Å². The molecule has 3 nitrogen and oxygen atoms in total. The monoisotopic (exact) mass is 213 g/mol. The third-order valence-corrected chi connectivity index (χ3v) is 3.57. The fourth-order valence-corrected chi connectivity index (χ4v) is 2.53. The van der Waals surface area contributed by atoms with Gasteiger partial charge >= 0.3 is 5.97 Å². The first-order valence-corrected chi connectivity index (χ1v) is 6.07. The van der Waals surface area contributed by atoms with Crippen molar-refractivity contribution in [1.82, 2.24) is 0 Å². The van der Waals surface area contributed by atoms with E-state index in [1.165, 1.54) is 32.1 Å². The van der Waals surface area contributed by atoms with E-state index in [2.05, 4.69) is 6.92 Å². The molecule has 0 amide bonds. The lowest BCUT2D eigenvalue weighted by Crippen LogP contribution is -2.32. The van der Waals surface area contributed by atoms with E-state index >= 15 is 0 Å². The summed E-state index contributed by atoms with van der Waals surface area (Å²) in [5.74, 6) is 0.343. The summed E-state index contributed by atoms with van der Waals surface area (Å²) in [6.45, 7) is 2.09. The van der Waals surface area contributed by atoms with Crippen LogP contribution in [0.4, 0.5) is 0 Å². The summed E-state index contributed by atoms with van der Waals surface area (Å²) in [5.41, 5.74) is 5.85. The first-order valence-electron chi connectivity index (χ1n) is 6.07. The normalized spacial score (nSPS) is 22.3. The largest absolute Gasteiger partial charge is 0.481 e. The zero-order valence-corrected chi connectivity index (χ0v) is 9.61. The average molecular weight is 213 g/mol. The molecule has 0 aliphatic heterocycles. The number of carboxylic acids is 1. The van der Waals surface area contributed by atoms with Gasteiger partial charge in [0.05, 0.1) is 6.42 Å². The Kier molecular flexibility index (Phi) is 5.09. The lowest BCUT2D eigenvalue weighted by atomic mass is 9.81. The molecule has 0 bridgehead atoms. The van der Waals surface area contributed by atoms with E-state index in [0.717, 1.165) is 12.3 Å². The van der Waals surface area contributed by atoms with E-state index in [1.807, 2.05) is 0 Å². The van der Waals surface area contributed by atoms with E-state index < -0.39 is 5.97 Å². The third-order valence-electron chi connectivity index (χ3n) is 3.57. The zero-order valence-electron chi connectivity index (χ0n) is 9.61. The van der Waals surface area contributed by atoms with Gasteiger partial charge in [0.1, 0.15) is 0 Å². The molecule has 0 aromatic rings. The van der Waals surface area contributed by atoms with Gasteiger partial charge in [0.15, 0.2) is 0 Å². The second-order valence-corrected chi connectivity index (χ2v) is 4.98. The number of carbonyl (C=O) groups is 1. The predicted octanol–water partition coefficient (Wildman–Crippen LogP) is 2.39. The van der Waals surface area contributed by atoms with Gasteiger partial charge in [-0.1, -0.05) is 39.0 Å². The van der Waals surface area contributed by atoms with E-state index in [4.69, 9.17) is 10.8 Å². The molecule has 1 aliphatic rings. The molecule has 88 valence electrons. The van der Waals surface area contributed by atoms with Gasteiger partial charge in [-0.25, -0.2) is 0 Å². The summed E-state index contributed by atoms with van der Waals surface area (Å²) < 4.78 is 0. The molecule has 0 aromatic heterocycles. The SMILES string of the molecule is CC(CC1CCCCC1)C(N)CC(=O)O. The Bertz CT molecular complexity index is 200. The minimum absolute atomic E-state index is 0.105. The van der Waals surface area contributed by atoms with Gasteiger partial charge in [0.2, 0.25) is 0 Å². The molecule has 1 rings (SSSR count). The van der Waals surface area contributed by atoms with Crippen LogP contribution in [0.1, 0.15) is 51.9 Å². The van der Waals surface area contributed by atoms with Crippen LogP contribution in [-0.2, 0) is 4.79 Å². The van der Waals surface area contributed by atoms with Crippen LogP contribution in [0.2, 0.25) is 0 Å². The molecule has 1 fully saturated rings. The van der Waals surface area contributed by atoms with Gasteiger partial charge in [-0.05, 0) is 18.3 Å². The fraction of sp³-hybridized carbons (Fsp3) is 0.917. The molecule has 0 heterocycles. The number of nitrogens with two attached hydrogens (primary N) is 1. The molecule has 0 aromatic carbocycles. The molecular weight excluding hydrogens is 190 g/mol. The van der Waals surface area contributed by atoms with Crippen molar-refractivity contribution in [1.29, 1.82) is 0 Å². The van der Waals surface area contributed by atoms with Crippen molar-refractivity contribution in [3.63, 3.8) is 0 Å². The van der Waals surface area contributed by atoms with Crippen LogP contribution in [0.25, 0.3) is 0 Å². The maximum absolute atomic E-state index is 10.5. The molecule has 0 spiro atoms. The first kappa shape index (κ1) is 12.5. The molecule has 1 saturated carbocycles. The molecule has 0 saturated heterocycles. The van der Waals surface area contributed by atoms with Crippen molar-refractivity contribution in [2.45, 2.75) is 57.9 Å². The van der Waals surface area contributed by atoms with E-state index in [9.17, 15) is 4.79 Å². The minimum Gasteiger partial charge on any atom is -0.481 e. The summed E-state index contributed by atoms with van der Waals surface area (Å²) in [6, 6.07) is -0.176. The topological polar surface area (TPSA) is 63.3 Å². The lowest BCUT2D eigenvalue weighted by Gasteiger charge is -2.27. The summed E-state index contributed by atoms with van der Waals surface area (Å²) in [7, 11) is 0. The Morgan fingerprint density at radius 2 is 2.00 bits per heavy atom. The average Bonchev–Trinajstić information content (AvgIpc) is 2.18. The maximum Gasteiger partial charge on any atom is 0.304 e. The highest BCUT2D eigenvalue weighted by Crippen LogP contribution is 2.29. The fourth-order valence-electron chi connectivity index (χ4n) is 2.53. The Labute approximate surface area is 92.0 Å². The molecular formula is C12H23NO2. The van der Waals surface area contributed by atoms with Crippen LogP contribution in [0.15, 0.2) is 0 Å². The Morgan fingerprint density at radius 1 is 1.40 bits per heavy atom. The van der Waals surface area contributed by atoms with Gasteiger partial charge in [-0.2, -0.15) is 0 Å². The summed E-state index contributed by atoms with van der Waals surface area (Å²) in [5, 5.41) is 8.66. The van der Waals surface area contributed by atoms with Gasteiger partial charge in [0.25, 0.3) is 0 Å². The molecule has 3 N–H and O–H groups in total. The van der Waals surface area contributed by atoms with Crippen LogP contribution >= 0.6 is 0 Å². The molecule has 1 aliphatic carbocycles. The number of carboxylic acid groups (broad SMARTS) is 1. The number of hydrogen-bond acceptors (Lipinski definition) is 2. The van der Waals surface area contributed by atoms with Gasteiger partial charge in [-0.15, -0.1) is 0 Å². The third kappa shape index (κ3) is 4.65. The minimum atomic E-state index is -0.780. The van der Waals surface area contributed by atoms with Crippen molar-refractivity contribution >= 4 is 5.97 Å². The standard InChI is InChI=1S/C12H23NO2/c1-9(11(13)8-12(14)15)7-10-5-3-2-4-6-10/h9-11H,2-8,13H2,1H3,(H,14,15). The maximum atomic E-state index is 10.5. The van der Waals surface area contributed by atoms with Crippen LogP contribution < -0.4 is 5.73 Å². The summed E-state index contributed by atoms with van der Waals surface area (Å²) >= 11 is 0. The number of aliphatic carboxylic acids is 1. The number of hydrogen-bond donors (Lipinski definition) is 2. The van der Waals surface area contributed by atoms with Crippen molar-refractivity contribution in [2.24, 2.45) is 17.6 Å². The van der Waals surface area contributed by atoms with Crippen LogP contribution in [0.3, 0.4) is 0 Å². The van der Waals surface area contributed by atoms with Crippen molar-refractivity contribution < 1.29 is 9.90 Å². The smallest absolute Gasteiger partial charge is 0.304 e. The Balaban J connectivity index is 2.26. The zero-order chi connectivity index (χ0) is 11.3. The molecule has 0 radical (unpaired) electrons. The van der Waals surface area contributed by atoms with Gasteiger partial charge in [-0.3, -0.25) is 4.79 Å². The highest BCUT2D eigenvalue weighted by Gasteiger charge is 2.21. The summed E-state index contributed by atoms with van der Waals surface area (Å²) in [6.07, 6.45) is 7.87. The number of rotatable bonds is 5. The summed E-state index contributed by atoms with van der Waals surface area (Å²) in [4.78, 5) is 10.5. The molecule has 2 atom stereocenters. The van der Waals surface area contributed by atoms with Gasteiger partial charge in [0, 0.05) is 6.04 Å². The predicted molar refractivity (Wildman–Crippen MR) is 60.6 cm³/mol. The van der Waals surface area contributed by atoms with Crippen molar-refractivity contribution in [2.75, 3.05) is 0 Å². The quantitative estimate of drug-likeness (QED) is 0.737. The second kappa shape index (κ2) is 6.11. The van der Waals surface area contributed by atoms with Crippen LogP contribution in [0.5, 0.6) is 0 Å². The second-order valence-electron chi connectivity index (χ2n) is 4.98. The lowest BCUT2D eigenvalue weighted by molar-refractivity contribution is -0.137. The van der Waals surface area contributed by atoms with Gasteiger partial charge < -0.3 is 10.8 Å². The van der Waals surface area contributed by atoms with E-state index in [0.29, 0.717) is 5.92 Å². The van der Waals surface area contributed by atoms with Crippen molar-refractivity contribution in [3.05, 3.63) is 0 Å². The van der Waals surface area contributed by atoms with Crippen LogP contribution in [0, 0.1) is 11.8 Å². The van der Waals surface area contributed by atoms with Crippen molar-refractivity contribution in [3.8, 4) is 0 Å². The Hall–Kier alpha value is -0.570. The van der Waals surface area contributed by atoms with Crippen LogP contribution in [-0.4, -0.2) is 17.1 Å². The Morgan fingerprint density at radius 3 is 2.53 bits per heavy atom. The highest BCUT2D eigenvalue weighted by atomic mass is 16.4. The highest BCUT2D eigenvalue weighted by molar-refractivity contribution is 5.67. The first-order chi connectivity index (χ1) is 7.09.